The molecule has 0 radical (unpaired) electrons. The Morgan fingerprint density at radius 1 is 1.30 bits per heavy atom. The molecular weight excluding hydrogens is 262 g/mol. The Kier molecular flexibility index (Phi) is 3.02. The van der Waals surface area contributed by atoms with E-state index in [2.05, 4.69) is 0 Å². The molecule has 1 unspecified atom stereocenters. The minimum absolute atomic E-state index is 0.00358. The number of carbonyl (C=O) groups is 3. The van der Waals surface area contributed by atoms with Gasteiger partial charge in [-0.3, -0.25) is 14.5 Å². The van der Waals surface area contributed by atoms with Gasteiger partial charge in [-0.05, 0) is 31.0 Å². The van der Waals surface area contributed by atoms with E-state index in [1.165, 1.54) is 18.2 Å². The van der Waals surface area contributed by atoms with Crippen LogP contribution in [0.2, 0.25) is 0 Å². The van der Waals surface area contributed by atoms with Crippen molar-refractivity contribution >= 4 is 17.8 Å². The summed E-state index contributed by atoms with van der Waals surface area (Å²) in [5.74, 6) is -1.94. The van der Waals surface area contributed by atoms with Crippen LogP contribution in [-0.2, 0) is 4.74 Å². The summed E-state index contributed by atoms with van der Waals surface area (Å²) in [7, 11) is 0. The molecule has 2 heterocycles. The Balaban J connectivity index is 1.88. The van der Waals surface area contributed by atoms with E-state index >= 15 is 0 Å². The molecular formula is C14H13NO5. The van der Waals surface area contributed by atoms with Crippen LogP contribution in [0.1, 0.15) is 43.9 Å². The third-order valence-electron chi connectivity index (χ3n) is 3.63. The monoisotopic (exact) mass is 275 g/mol. The van der Waals surface area contributed by atoms with Crippen molar-refractivity contribution in [3.05, 3.63) is 34.9 Å². The summed E-state index contributed by atoms with van der Waals surface area (Å²) in [4.78, 5) is 36.5. The number of aromatic carboxylic acids is 1. The molecule has 0 saturated carbocycles. The lowest BCUT2D eigenvalue weighted by Crippen LogP contribution is -2.36. The van der Waals surface area contributed by atoms with E-state index in [0.29, 0.717) is 6.61 Å². The SMILES string of the molecule is O=C(O)c1ccc2c(c1)C(=O)N(CC1CCCO1)C2=O. The first kappa shape index (κ1) is 12.8. The first-order valence-electron chi connectivity index (χ1n) is 6.43. The maximum Gasteiger partial charge on any atom is 0.335 e. The topological polar surface area (TPSA) is 83.9 Å². The zero-order valence-electron chi connectivity index (χ0n) is 10.7. The Labute approximate surface area is 114 Å². The molecule has 104 valence electrons. The van der Waals surface area contributed by atoms with Crippen molar-refractivity contribution in [2.45, 2.75) is 18.9 Å². The molecule has 0 aliphatic carbocycles. The predicted octanol–water partition coefficient (Wildman–Crippen LogP) is 1.16. The van der Waals surface area contributed by atoms with Gasteiger partial charge in [0, 0.05) is 6.61 Å². The first-order valence-corrected chi connectivity index (χ1v) is 6.43. The van der Waals surface area contributed by atoms with Gasteiger partial charge >= 0.3 is 5.97 Å². The van der Waals surface area contributed by atoms with Gasteiger partial charge in [-0.1, -0.05) is 0 Å². The van der Waals surface area contributed by atoms with Crippen LogP contribution in [0.25, 0.3) is 0 Å². The van der Waals surface area contributed by atoms with E-state index in [9.17, 15) is 14.4 Å². The van der Waals surface area contributed by atoms with Crippen molar-refractivity contribution in [3.63, 3.8) is 0 Å². The highest BCUT2D eigenvalue weighted by atomic mass is 16.5. The molecule has 1 N–H and O–H groups in total. The normalized spacial score (nSPS) is 21.4. The molecule has 6 nitrogen and oxygen atoms in total. The molecule has 0 bridgehead atoms. The van der Waals surface area contributed by atoms with Crippen LogP contribution in [0, 0.1) is 0 Å². The predicted molar refractivity (Wildman–Crippen MR) is 67.7 cm³/mol. The second-order valence-corrected chi connectivity index (χ2v) is 4.92. The number of ether oxygens (including phenoxy) is 1. The number of fused-ring (bicyclic) bond motifs is 1. The van der Waals surface area contributed by atoms with E-state index in [1.807, 2.05) is 0 Å². The molecule has 6 heteroatoms. The number of benzene rings is 1. The van der Waals surface area contributed by atoms with E-state index in [4.69, 9.17) is 9.84 Å². The summed E-state index contributed by atoms with van der Waals surface area (Å²) < 4.78 is 5.43. The number of hydrogen-bond acceptors (Lipinski definition) is 4. The molecule has 1 aromatic rings. The number of amides is 2. The summed E-state index contributed by atoms with van der Waals surface area (Å²) in [5.41, 5.74) is 0.426. The zero-order valence-corrected chi connectivity index (χ0v) is 10.7. The molecule has 0 aromatic heterocycles. The van der Waals surface area contributed by atoms with Gasteiger partial charge in [0.25, 0.3) is 11.8 Å². The van der Waals surface area contributed by atoms with Gasteiger partial charge in [-0.25, -0.2) is 4.79 Å². The van der Waals surface area contributed by atoms with Gasteiger partial charge in [-0.15, -0.1) is 0 Å². The van der Waals surface area contributed by atoms with Gasteiger partial charge in [0.05, 0.1) is 29.3 Å². The first-order chi connectivity index (χ1) is 9.58. The summed E-state index contributed by atoms with van der Waals surface area (Å²) in [6, 6.07) is 3.99. The van der Waals surface area contributed by atoms with E-state index in [1.54, 1.807) is 0 Å². The Bertz CT molecular complexity index is 604. The van der Waals surface area contributed by atoms with Crippen molar-refractivity contribution < 1.29 is 24.2 Å². The minimum atomic E-state index is -1.12. The summed E-state index contributed by atoms with van der Waals surface area (Å²) in [6.45, 7) is 0.881. The van der Waals surface area contributed by atoms with Gasteiger partial charge < -0.3 is 9.84 Å². The molecule has 1 saturated heterocycles. The minimum Gasteiger partial charge on any atom is -0.478 e. The van der Waals surface area contributed by atoms with Gasteiger partial charge in [0.1, 0.15) is 0 Å². The smallest absolute Gasteiger partial charge is 0.335 e. The third kappa shape index (κ3) is 1.98. The van der Waals surface area contributed by atoms with Crippen molar-refractivity contribution in [1.29, 1.82) is 0 Å². The van der Waals surface area contributed by atoms with Crippen LogP contribution in [0.5, 0.6) is 0 Å². The molecule has 1 aromatic carbocycles. The van der Waals surface area contributed by atoms with Crippen molar-refractivity contribution in [3.8, 4) is 0 Å². The number of nitrogens with zero attached hydrogens (tertiary/aromatic N) is 1. The number of imide groups is 1. The van der Waals surface area contributed by atoms with Crippen molar-refractivity contribution in [1.82, 2.24) is 4.90 Å². The fourth-order valence-corrected chi connectivity index (χ4v) is 2.58. The Hall–Kier alpha value is -2.21. The fourth-order valence-electron chi connectivity index (χ4n) is 2.58. The fraction of sp³-hybridized carbons (Fsp3) is 0.357. The van der Waals surface area contributed by atoms with E-state index in [-0.39, 0.29) is 35.2 Å². The van der Waals surface area contributed by atoms with Gasteiger partial charge in [-0.2, -0.15) is 0 Å². The molecule has 2 aliphatic rings. The van der Waals surface area contributed by atoms with Crippen LogP contribution >= 0.6 is 0 Å². The number of carboxylic acids is 1. The average molecular weight is 275 g/mol. The molecule has 1 atom stereocenters. The highest BCUT2D eigenvalue weighted by Crippen LogP contribution is 2.26. The molecule has 20 heavy (non-hydrogen) atoms. The number of rotatable bonds is 3. The molecule has 0 spiro atoms. The highest BCUT2D eigenvalue weighted by molar-refractivity contribution is 6.21. The van der Waals surface area contributed by atoms with Crippen LogP contribution in [0.15, 0.2) is 18.2 Å². The largest absolute Gasteiger partial charge is 0.478 e. The van der Waals surface area contributed by atoms with Crippen molar-refractivity contribution in [2.75, 3.05) is 13.2 Å². The molecule has 2 aliphatic heterocycles. The highest BCUT2D eigenvalue weighted by Gasteiger charge is 2.37. The number of carbonyl (C=O) groups excluding carboxylic acids is 2. The molecule has 1 fully saturated rings. The lowest BCUT2D eigenvalue weighted by Gasteiger charge is -2.17. The third-order valence-corrected chi connectivity index (χ3v) is 3.63. The second kappa shape index (κ2) is 4.72. The Morgan fingerprint density at radius 2 is 2.05 bits per heavy atom. The van der Waals surface area contributed by atoms with Crippen LogP contribution in [0.4, 0.5) is 0 Å². The number of hydrogen-bond donors (Lipinski definition) is 1. The van der Waals surface area contributed by atoms with Crippen LogP contribution in [0.3, 0.4) is 0 Å². The van der Waals surface area contributed by atoms with Gasteiger partial charge in [0.15, 0.2) is 0 Å². The van der Waals surface area contributed by atoms with Crippen molar-refractivity contribution in [2.24, 2.45) is 0 Å². The quantitative estimate of drug-likeness (QED) is 0.837. The lowest BCUT2D eigenvalue weighted by atomic mass is 10.1. The second-order valence-electron chi connectivity index (χ2n) is 4.92. The van der Waals surface area contributed by atoms with Crippen LogP contribution < -0.4 is 0 Å². The average Bonchev–Trinajstić information content (AvgIpc) is 3.02. The maximum atomic E-state index is 12.2. The summed E-state index contributed by atoms with van der Waals surface area (Å²) in [5, 5.41) is 8.93. The number of carboxylic acid groups (broad SMARTS) is 1. The summed E-state index contributed by atoms with van der Waals surface area (Å²) in [6.07, 6.45) is 1.64. The maximum absolute atomic E-state index is 12.2. The van der Waals surface area contributed by atoms with Gasteiger partial charge in [0.2, 0.25) is 0 Å². The zero-order chi connectivity index (χ0) is 14.3. The standard InChI is InChI=1S/C14H13NO5/c16-12-10-4-3-8(14(18)19)6-11(10)13(17)15(12)7-9-2-1-5-20-9/h3-4,6,9H,1-2,5,7H2,(H,18,19). The Morgan fingerprint density at radius 3 is 2.70 bits per heavy atom. The van der Waals surface area contributed by atoms with E-state index in [0.717, 1.165) is 17.7 Å². The van der Waals surface area contributed by atoms with Crippen LogP contribution in [-0.4, -0.2) is 47.0 Å². The lowest BCUT2D eigenvalue weighted by molar-refractivity contribution is 0.0475. The molecule has 2 amide bonds. The summed E-state index contributed by atoms with van der Waals surface area (Å²) >= 11 is 0. The molecule has 3 rings (SSSR count). The van der Waals surface area contributed by atoms with E-state index < -0.39 is 11.9 Å².